The zero-order valence-corrected chi connectivity index (χ0v) is 20.3. The fourth-order valence-electron chi connectivity index (χ4n) is 4.42. The molecule has 2 atom stereocenters. The summed E-state index contributed by atoms with van der Waals surface area (Å²) in [7, 11) is 3.15. The molecule has 9 nitrogen and oxygen atoms in total. The molecule has 192 valence electrons. The van der Waals surface area contributed by atoms with Gasteiger partial charge in [-0.3, -0.25) is 0 Å². The topological polar surface area (TPSA) is 107 Å². The maximum Gasteiger partial charge on any atom is 0.262 e. The van der Waals surface area contributed by atoms with E-state index in [1.807, 2.05) is 18.2 Å². The molecule has 1 fully saturated rings. The second-order valence-electron chi connectivity index (χ2n) is 8.87. The number of nitrogens with zero attached hydrogens (tertiary/aromatic N) is 5. The summed E-state index contributed by atoms with van der Waals surface area (Å²) in [5.41, 5.74) is 5.98. The minimum atomic E-state index is -2.85. The van der Waals surface area contributed by atoms with Gasteiger partial charge in [0.25, 0.3) is 5.92 Å². The minimum absolute atomic E-state index is 0.0605. The van der Waals surface area contributed by atoms with Crippen LogP contribution in [-0.4, -0.2) is 54.9 Å². The zero-order chi connectivity index (χ0) is 26.0. The number of anilines is 1. The fourth-order valence-corrected chi connectivity index (χ4v) is 4.42. The number of ether oxygens (including phenoxy) is 3. The number of aromatic nitrogens is 2. The molecule has 0 spiro atoms. The highest BCUT2D eigenvalue weighted by atomic mass is 19.3. The first-order valence-corrected chi connectivity index (χ1v) is 11.6. The van der Waals surface area contributed by atoms with E-state index in [-0.39, 0.29) is 30.9 Å². The van der Waals surface area contributed by atoms with Gasteiger partial charge in [0.1, 0.15) is 12.9 Å². The molecule has 2 N–H and O–H groups in total. The van der Waals surface area contributed by atoms with Crippen molar-refractivity contribution in [1.82, 2.24) is 9.97 Å². The van der Waals surface area contributed by atoms with E-state index >= 15 is 0 Å². The lowest BCUT2D eigenvalue weighted by Gasteiger charge is -2.28. The maximum atomic E-state index is 14.4. The molecule has 2 aromatic carbocycles. The Morgan fingerprint density at radius 1 is 1.03 bits per heavy atom. The summed E-state index contributed by atoms with van der Waals surface area (Å²) in [6.07, 6.45) is 3.20. The number of halogens is 2. The Morgan fingerprint density at radius 3 is 2.49 bits per heavy atom. The number of alkyl halides is 2. The average Bonchev–Trinajstić information content (AvgIpc) is 3.50. The van der Waals surface area contributed by atoms with Crippen LogP contribution in [0.2, 0.25) is 0 Å². The number of rotatable bonds is 9. The molecule has 0 radical (unpaired) electrons. The van der Waals surface area contributed by atoms with E-state index in [9.17, 15) is 8.78 Å². The van der Waals surface area contributed by atoms with E-state index in [1.165, 1.54) is 6.33 Å². The highest BCUT2D eigenvalue weighted by molar-refractivity contribution is 5.92. The highest BCUT2D eigenvalue weighted by Crippen LogP contribution is 2.61. The smallest absolute Gasteiger partial charge is 0.262 e. The largest absolute Gasteiger partial charge is 0.493 e. The Kier molecular flexibility index (Phi) is 6.36. The van der Waals surface area contributed by atoms with E-state index < -0.39 is 11.3 Å². The van der Waals surface area contributed by atoms with Gasteiger partial charge in [0.2, 0.25) is 11.8 Å². The Hall–Kier alpha value is -4.28. The summed E-state index contributed by atoms with van der Waals surface area (Å²) in [5, 5.41) is 5.95. The molecular formula is C26H26F2N6O3. The fraction of sp³-hybridized carbons (Fsp3) is 0.308. The Labute approximate surface area is 212 Å². The van der Waals surface area contributed by atoms with Crippen LogP contribution in [0.1, 0.15) is 17.5 Å². The predicted molar refractivity (Wildman–Crippen MR) is 135 cm³/mol. The molecule has 11 heteroatoms. The van der Waals surface area contributed by atoms with E-state index in [1.54, 1.807) is 61.8 Å². The van der Waals surface area contributed by atoms with Crippen LogP contribution in [0.4, 0.5) is 14.6 Å². The van der Waals surface area contributed by atoms with Gasteiger partial charge in [-0.2, -0.15) is 0 Å². The number of hydrogen-bond donors (Lipinski definition) is 1. The third-order valence-corrected chi connectivity index (χ3v) is 6.55. The van der Waals surface area contributed by atoms with Gasteiger partial charge in [0.15, 0.2) is 17.3 Å². The first-order chi connectivity index (χ1) is 17.8. The van der Waals surface area contributed by atoms with Crippen LogP contribution >= 0.6 is 0 Å². The molecular weight excluding hydrogens is 482 g/mol. The second-order valence-corrected chi connectivity index (χ2v) is 8.87. The van der Waals surface area contributed by atoms with Crippen molar-refractivity contribution in [1.29, 1.82) is 0 Å². The summed E-state index contributed by atoms with van der Waals surface area (Å²) in [5.74, 6) is -1.02. The third kappa shape index (κ3) is 4.76. The SMILES string of the molecule is COc1ccc(CC2C=NC(N)=NN2c2cc(OCC3(c4ccccc4)CC3(F)F)ncn2)cc1OC. The van der Waals surface area contributed by atoms with Crippen LogP contribution in [-0.2, 0) is 11.8 Å². The quantitative estimate of drug-likeness (QED) is 0.471. The lowest BCUT2D eigenvalue weighted by Crippen LogP contribution is -2.40. The van der Waals surface area contributed by atoms with Crippen molar-refractivity contribution in [3.05, 3.63) is 72.1 Å². The van der Waals surface area contributed by atoms with Gasteiger partial charge in [-0.25, -0.2) is 28.8 Å². The first kappa shape index (κ1) is 24.4. The number of benzene rings is 2. The Bertz CT molecular complexity index is 1340. The summed E-state index contributed by atoms with van der Waals surface area (Å²) in [6.45, 7) is -0.220. The van der Waals surface area contributed by atoms with E-state index in [0.29, 0.717) is 29.3 Å². The predicted octanol–water partition coefficient (Wildman–Crippen LogP) is 3.58. The summed E-state index contributed by atoms with van der Waals surface area (Å²) >= 11 is 0. The van der Waals surface area contributed by atoms with Gasteiger partial charge in [0.05, 0.1) is 25.7 Å². The van der Waals surface area contributed by atoms with Crippen LogP contribution in [0.5, 0.6) is 17.4 Å². The molecule has 1 aromatic heterocycles. The van der Waals surface area contributed by atoms with E-state index in [0.717, 1.165) is 5.56 Å². The Balaban J connectivity index is 1.35. The lowest BCUT2D eigenvalue weighted by molar-refractivity contribution is 0.0707. The second kappa shape index (κ2) is 9.64. The zero-order valence-electron chi connectivity index (χ0n) is 20.3. The van der Waals surface area contributed by atoms with Gasteiger partial charge in [-0.15, -0.1) is 5.10 Å². The van der Waals surface area contributed by atoms with Crippen LogP contribution in [0.15, 0.2) is 71.0 Å². The maximum absolute atomic E-state index is 14.4. The molecule has 2 heterocycles. The van der Waals surface area contributed by atoms with Gasteiger partial charge in [-0.1, -0.05) is 36.4 Å². The molecule has 2 unspecified atom stereocenters. The molecule has 1 aliphatic heterocycles. The van der Waals surface area contributed by atoms with Crippen molar-refractivity contribution in [3.8, 4) is 17.4 Å². The number of guanidine groups is 1. The highest BCUT2D eigenvalue weighted by Gasteiger charge is 2.72. The van der Waals surface area contributed by atoms with Gasteiger partial charge < -0.3 is 19.9 Å². The van der Waals surface area contributed by atoms with Gasteiger partial charge >= 0.3 is 0 Å². The van der Waals surface area contributed by atoms with Crippen molar-refractivity contribution >= 4 is 18.0 Å². The van der Waals surface area contributed by atoms with Crippen molar-refractivity contribution < 1.29 is 23.0 Å². The van der Waals surface area contributed by atoms with Crippen molar-refractivity contribution in [2.75, 3.05) is 25.8 Å². The molecule has 3 aromatic rings. The number of hydrazone groups is 1. The van der Waals surface area contributed by atoms with Crippen molar-refractivity contribution in [3.63, 3.8) is 0 Å². The average molecular weight is 509 g/mol. The monoisotopic (exact) mass is 508 g/mol. The lowest BCUT2D eigenvalue weighted by atomic mass is 9.96. The minimum Gasteiger partial charge on any atom is -0.493 e. The van der Waals surface area contributed by atoms with Gasteiger partial charge in [0, 0.05) is 25.1 Å². The number of methoxy groups -OCH3 is 2. The van der Waals surface area contributed by atoms with Crippen LogP contribution in [0.3, 0.4) is 0 Å². The Morgan fingerprint density at radius 2 is 1.78 bits per heavy atom. The third-order valence-electron chi connectivity index (χ3n) is 6.55. The van der Waals surface area contributed by atoms with Crippen LogP contribution < -0.4 is 25.0 Å². The molecule has 37 heavy (non-hydrogen) atoms. The molecule has 2 aliphatic rings. The summed E-state index contributed by atoms with van der Waals surface area (Å²) in [6, 6.07) is 15.5. The van der Waals surface area contributed by atoms with Crippen molar-refractivity contribution in [2.24, 2.45) is 15.8 Å². The molecule has 0 amide bonds. The summed E-state index contributed by atoms with van der Waals surface area (Å²) in [4.78, 5) is 12.6. The van der Waals surface area contributed by atoms with Crippen LogP contribution in [0.25, 0.3) is 0 Å². The molecule has 0 saturated heterocycles. The van der Waals surface area contributed by atoms with E-state index in [2.05, 4.69) is 20.1 Å². The molecule has 1 aliphatic carbocycles. The van der Waals surface area contributed by atoms with E-state index in [4.69, 9.17) is 19.9 Å². The first-order valence-electron chi connectivity index (χ1n) is 11.6. The van der Waals surface area contributed by atoms with Crippen LogP contribution in [0, 0.1) is 0 Å². The molecule has 1 saturated carbocycles. The number of nitrogens with two attached hydrogens (primary N) is 1. The number of aliphatic imine (C=N–C) groups is 1. The summed E-state index contributed by atoms with van der Waals surface area (Å²) < 4.78 is 45.4. The molecule has 5 rings (SSSR count). The van der Waals surface area contributed by atoms with Gasteiger partial charge in [-0.05, 0) is 23.3 Å². The normalized spacial score (nSPS) is 21.8. The standard InChI is InChI=1S/C26H26F2N6O3/c1-35-20-9-8-17(11-21(20)36-2)10-19-13-30-24(29)33-34(19)22-12-23(32-16-31-22)37-15-25(14-26(25,27)28)18-6-4-3-5-7-18/h3-9,11-13,16,19H,10,14-15H2,1-2H3,(H2,29,33). The molecule has 0 bridgehead atoms. The number of hydrogen-bond acceptors (Lipinski definition) is 9. The van der Waals surface area contributed by atoms with Crippen molar-refractivity contribution in [2.45, 2.75) is 30.2 Å².